The van der Waals surface area contributed by atoms with Gasteiger partial charge in [-0.2, -0.15) is 5.26 Å². The minimum Gasteiger partial charge on any atom is -0.489 e. The summed E-state index contributed by atoms with van der Waals surface area (Å²) >= 11 is 0. The van der Waals surface area contributed by atoms with Crippen molar-refractivity contribution in [2.24, 2.45) is 0 Å². The number of carbonyl (C=O) groups excluding carboxylic acids is 1. The average Bonchev–Trinajstić information content (AvgIpc) is 3.16. The molecule has 1 amide bonds. The lowest BCUT2D eigenvalue weighted by Gasteiger charge is -2.23. The van der Waals surface area contributed by atoms with Crippen LogP contribution >= 0.6 is 0 Å². The van der Waals surface area contributed by atoms with Gasteiger partial charge in [0.05, 0.1) is 12.1 Å². The van der Waals surface area contributed by atoms with Gasteiger partial charge < -0.3 is 15.0 Å². The van der Waals surface area contributed by atoms with E-state index in [0.717, 1.165) is 18.6 Å². The average molecular weight is 286 g/mol. The van der Waals surface area contributed by atoms with Crippen LogP contribution < -0.4 is 10.1 Å². The maximum atomic E-state index is 12.5. The summed E-state index contributed by atoms with van der Waals surface area (Å²) in [6.07, 6.45) is 5.67. The Morgan fingerprint density at radius 1 is 1.48 bits per heavy atom. The number of pyridine rings is 1. The fraction of sp³-hybridized carbons (Fsp3) is 0.533. The van der Waals surface area contributed by atoms with Gasteiger partial charge >= 0.3 is 0 Å². The first-order valence-corrected chi connectivity index (χ1v) is 7.28. The Bertz CT molecular complexity index is 542. The molecular weight excluding hydrogens is 268 g/mol. The molecule has 3 heterocycles. The number of rotatable bonds is 3. The van der Waals surface area contributed by atoms with Crippen LogP contribution in [0.3, 0.4) is 0 Å². The van der Waals surface area contributed by atoms with E-state index in [2.05, 4.69) is 16.4 Å². The van der Waals surface area contributed by atoms with E-state index in [1.807, 2.05) is 0 Å². The van der Waals surface area contributed by atoms with Gasteiger partial charge in [-0.05, 0) is 25.0 Å². The Morgan fingerprint density at radius 3 is 3.05 bits per heavy atom. The maximum absolute atomic E-state index is 12.5. The molecule has 0 aromatic carbocycles. The first-order chi connectivity index (χ1) is 10.3. The SMILES string of the molecule is N#C[C@@H]1CCCN1C(=O)[C@@H]1C[C@H](Oc2ccncc2)CN1. The minimum atomic E-state index is -0.264. The van der Waals surface area contributed by atoms with Crippen molar-refractivity contribution >= 4 is 5.91 Å². The van der Waals surface area contributed by atoms with Gasteiger partial charge in [-0.3, -0.25) is 9.78 Å². The van der Waals surface area contributed by atoms with Gasteiger partial charge in [0, 0.05) is 31.9 Å². The molecule has 0 bridgehead atoms. The van der Waals surface area contributed by atoms with Crippen LogP contribution in [0.15, 0.2) is 24.5 Å². The zero-order chi connectivity index (χ0) is 14.7. The number of hydrogen-bond acceptors (Lipinski definition) is 5. The highest BCUT2D eigenvalue weighted by Gasteiger charge is 2.37. The van der Waals surface area contributed by atoms with Crippen LogP contribution in [0.5, 0.6) is 5.75 Å². The molecule has 110 valence electrons. The summed E-state index contributed by atoms with van der Waals surface area (Å²) in [4.78, 5) is 18.1. The van der Waals surface area contributed by atoms with E-state index in [0.29, 0.717) is 19.5 Å². The summed E-state index contributed by atoms with van der Waals surface area (Å²) in [7, 11) is 0. The normalized spacial score (nSPS) is 28.3. The van der Waals surface area contributed by atoms with Crippen LogP contribution in [0, 0.1) is 11.3 Å². The lowest BCUT2D eigenvalue weighted by atomic mass is 10.1. The van der Waals surface area contributed by atoms with Crippen LogP contribution in [-0.2, 0) is 4.79 Å². The molecule has 0 aliphatic carbocycles. The molecule has 2 aliphatic rings. The van der Waals surface area contributed by atoms with Crippen LogP contribution in [0.4, 0.5) is 0 Å². The van der Waals surface area contributed by atoms with E-state index < -0.39 is 0 Å². The standard InChI is InChI=1S/C15H18N4O2/c16-9-11-2-1-7-19(11)15(20)14-8-13(10-18-14)21-12-3-5-17-6-4-12/h3-6,11,13-14,18H,1-2,7-8,10H2/t11-,13-,14-/m0/s1. The highest BCUT2D eigenvalue weighted by molar-refractivity contribution is 5.83. The Morgan fingerprint density at radius 2 is 2.29 bits per heavy atom. The number of hydrogen-bond donors (Lipinski definition) is 1. The number of ether oxygens (including phenoxy) is 1. The third-order valence-corrected chi connectivity index (χ3v) is 4.03. The molecule has 2 saturated heterocycles. The summed E-state index contributed by atoms with van der Waals surface area (Å²) in [5.41, 5.74) is 0. The second kappa shape index (κ2) is 6.10. The minimum absolute atomic E-state index is 0.0236. The molecule has 0 saturated carbocycles. The second-order valence-corrected chi connectivity index (χ2v) is 5.44. The van der Waals surface area contributed by atoms with Crippen molar-refractivity contribution in [2.45, 2.75) is 37.5 Å². The highest BCUT2D eigenvalue weighted by atomic mass is 16.5. The number of aromatic nitrogens is 1. The largest absolute Gasteiger partial charge is 0.489 e. The van der Waals surface area contributed by atoms with Crippen molar-refractivity contribution in [3.63, 3.8) is 0 Å². The van der Waals surface area contributed by atoms with Crippen LogP contribution in [0.2, 0.25) is 0 Å². The molecule has 3 rings (SSSR count). The molecule has 2 aliphatic heterocycles. The summed E-state index contributed by atoms with van der Waals surface area (Å²) in [5.74, 6) is 0.792. The van der Waals surface area contributed by atoms with Gasteiger partial charge in [0.15, 0.2) is 0 Å². The number of nitriles is 1. The van der Waals surface area contributed by atoms with Crippen molar-refractivity contribution in [1.29, 1.82) is 5.26 Å². The van der Waals surface area contributed by atoms with Gasteiger partial charge in [0.1, 0.15) is 17.9 Å². The smallest absolute Gasteiger partial charge is 0.240 e. The number of amides is 1. The number of likely N-dealkylation sites (tertiary alicyclic amines) is 1. The molecule has 0 radical (unpaired) electrons. The van der Waals surface area contributed by atoms with E-state index in [1.165, 1.54) is 0 Å². The predicted octanol–water partition coefficient (Wildman–Crippen LogP) is 0.705. The van der Waals surface area contributed by atoms with E-state index >= 15 is 0 Å². The van der Waals surface area contributed by atoms with Gasteiger partial charge in [-0.25, -0.2) is 0 Å². The van der Waals surface area contributed by atoms with Crippen LogP contribution in [0.25, 0.3) is 0 Å². The summed E-state index contributed by atoms with van der Waals surface area (Å²) in [6, 6.07) is 5.31. The van der Waals surface area contributed by atoms with Crippen molar-refractivity contribution in [1.82, 2.24) is 15.2 Å². The quantitative estimate of drug-likeness (QED) is 0.885. The van der Waals surface area contributed by atoms with Crippen molar-refractivity contribution in [3.8, 4) is 11.8 Å². The van der Waals surface area contributed by atoms with E-state index in [9.17, 15) is 4.79 Å². The molecule has 6 nitrogen and oxygen atoms in total. The number of nitrogens with zero attached hydrogens (tertiary/aromatic N) is 3. The van der Waals surface area contributed by atoms with E-state index in [4.69, 9.17) is 10.00 Å². The lowest BCUT2D eigenvalue weighted by Crippen LogP contribution is -2.45. The number of nitrogens with one attached hydrogen (secondary N) is 1. The monoisotopic (exact) mass is 286 g/mol. The lowest BCUT2D eigenvalue weighted by molar-refractivity contribution is -0.133. The van der Waals surface area contributed by atoms with Crippen LogP contribution in [-0.4, -0.2) is 47.1 Å². The number of carbonyl (C=O) groups is 1. The molecule has 3 atom stereocenters. The van der Waals surface area contributed by atoms with Gasteiger partial charge in [-0.1, -0.05) is 0 Å². The Labute approximate surface area is 123 Å². The maximum Gasteiger partial charge on any atom is 0.240 e. The molecule has 1 N–H and O–H groups in total. The molecule has 1 aromatic heterocycles. The van der Waals surface area contributed by atoms with Crippen LogP contribution in [0.1, 0.15) is 19.3 Å². The first kappa shape index (κ1) is 13.8. The molecule has 21 heavy (non-hydrogen) atoms. The van der Waals surface area contributed by atoms with Crippen molar-refractivity contribution in [2.75, 3.05) is 13.1 Å². The Kier molecular flexibility index (Phi) is 4.02. The molecule has 0 spiro atoms. The fourth-order valence-corrected chi connectivity index (χ4v) is 2.96. The summed E-state index contributed by atoms with van der Waals surface area (Å²) < 4.78 is 5.83. The Balaban J connectivity index is 1.57. The zero-order valence-electron chi connectivity index (χ0n) is 11.7. The highest BCUT2D eigenvalue weighted by Crippen LogP contribution is 2.22. The summed E-state index contributed by atoms with van der Waals surface area (Å²) in [5, 5.41) is 12.3. The molecule has 1 aromatic rings. The third kappa shape index (κ3) is 2.98. The summed E-state index contributed by atoms with van der Waals surface area (Å²) in [6.45, 7) is 1.33. The molecular formula is C15H18N4O2. The predicted molar refractivity (Wildman–Crippen MR) is 75.4 cm³/mol. The fourth-order valence-electron chi connectivity index (χ4n) is 2.96. The van der Waals surface area contributed by atoms with Crippen molar-refractivity contribution < 1.29 is 9.53 Å². The van der Waals surface area contributed by atoms with Gasteiger partial charge in [0.25, 0.3) is 0 Å². The van der Waals surface area contributed by atoms with Gasteiger partial charge in [0.2, 0.25) is 5.91 Å². The zero-order valence-corrected chi connectivity index (χ0v) is 11.7. The third-order valence-electron chi connectivity index (χ3n) is 4.03. The van der Waals surface area contributed by atoms with Gasteiger partial charge in [-0.15, -0.1) is 0 Å². The second-order valence-electron chi connectivity index (χ2n) is 5.44. The Hall–Kier alpha value is -2.13. The molecule has 0 unspecified atom stereocenters. The van der Waals surface area contributed by atoms with Crippen molar-refractivity contribution in [3.05, 3.63) is 24.5 Å². The first-order valence-electron chi connectivity index (χ1n) is 7.28. The molecule has 6 heteroatoms. The van der Waals surface area contributed by atoms with E-state index in [-0.39, 0.29) is 24.1 Å². The topological polar surface area (TPSA) is 78.2 Å². The molecule has 2 fully saturated rings. The van der Waals surface area contributed by atoms with E-state index in [1.54, 1.807) is 29.4 Å².